The second kappa shape index (κ2) is 7.01. The summed E-state index contributed by atoms with van der Waals surface area (Å²) in [4.78, 5) is 26.1. The number of fused-ring (bicyclic) bond motifs is 1. The summed E-state index contributed by atoms with van der Waals surface area (Å²) in [7, 11) is 0. The van der Waals surface area contributed by atoms with Gasteiger partial charge >= 0.3 is 0 Å². The molecular formula is C20H16N4OS. The van der Waals surface area contributed by atoms with Crippen molar-refractivity contribution in [1.82, 2.24) is 15.0 Å². The number of aryl methyl sites for hydroxylation is 1. The summed E-state index contributed by atoms with van der Waals surface area (Å²) in [6.07, 6.45) is 3.94. The minimum Gasteiger partial charge on any atom is -0.320 e. The van der Waals surface area contributed by atoms with E-state index in [4.69, 9.17) is 0 Å². The van der Waals surface area contributed by atoms with Crippen molar-refractivity contribution in [2.45, 2.75) is 13.3 Å². The molecule has 0 bridgehead atoms. The number of anilines is 1. The molecule has 1 N–H and O–H groups in total. The number of thiazole rings is 1. The van der Waals surface area contributed by atoms with Crippen LogP contribution in [0.5, 0.6) is 0 Å². The van der Waals surface area contributed by atoms with Gasteiger partial charge in [0.2, 0.25) is 0 Å². The highest BCUT2D eigenvalue weighted by Gasteiger charge is 2.19. The lowest BCUT2D eigenvalue weighted by Gasteiger charge is -2.10. The Morgan fingerprint density at radius 1 is 1.04 bits per heavy atom. The summed E-state index contributed by atoms with van der Waals surface area (Å²) in [5.41, 5.74) is 3.53. The molecule has 0 radical (unpaired) electrons. The molecule has 4 aromatic rings. The fourth-order valence-electron chi connectivity index (χ4n) is 2.77. The van der Waals surface area contributed by atoms with Crippen LogP contribution in [0.3, 0.4) is 0 Å². The monoisotopic (exact) mass is 360 g/mol. The lowest BCUT2D eigenvalue weighted by atomic mass is 10.1. The number of hydrogen-bond donors (Lipinski definition) is 1. The Kier molecular flexibility index (Phi) is 4.41. The van der Waals surface area contributed by atoms with Crippen molar-refractivity contribution in [1.29, 1.82) is 0 Å². The van der Waals surface area contributed by atoms with Crippen LogP contribution in [0, 0.1) is 0 Å². The van der Waals surface area contributed by atoms with Crippen LogP contribution < -0.4 is 5.32 Å². The second-order valence-electron chi connectivity index (χ2n) is 5.71. The minimum absolute atomic E-state index is 0.275. The van der Waals surface area contributed by atoms with Crippen molar-refractivity contribution >= 4 is 33.1 Å². The number of carbonyl (C=O) groups is 1. The average Bonchev–Trinajstić information content (AvgIpc) is 3.12. The third-order valence-electron chi connectivity index (χ3n) is 4.06. The summed E-state index contributed by atoms with van der Waals surface area (Å²) in [5.74, 6) is -0.284. The molecular weight excluding hydrogens is 344 g/mol. The molecule has 2 aromatic carbocycles. The average molecular weight is 360 g/mol. The van der Waals surface area contributed by atoms with E-state index in [0.29, 0.717) is 10.7 Å². The number of amides is 1. The van der Waals surface area contributed by atoms with Gasteiger partial charge in [0.15, 0.2) is 5.69 Å². The van der Waals surface area contributed by atoms with Gasteiger partial charge in [-0.2, -0.15) is 0 Å². The smallest absolute Gasteiger partial charge is 0.276 e. The summed E-state index contributed by atoms with van der Waals surface area (Å²) in [6.45, 7) is 2.06. The van der Waals surface area contributed by atoms with Gasteiger partial charge in [-0.1, -0.05) is 37.3 Å². The van der Waals surface area contributed by atoms with Gasteiger partial charge in [-0.15, -0.1) is 11.3 Å². The molecule has 0 unspecified atom stereocenters. The van der Waals surface area contributed by atoms with Crippen molar-refractivity contribution in [2.24, 2.45) is 0 Å². The van der Waals surface area contributed by atoms with E-state index in [1.165, 1.54) is 17.5 Å². The van der Waals surface area contributed by atoms with Crippen molar-refractivity contribution in [2.75, 3.05) is 5.32 Å². The first kappa shape index (κ1) is 16.4. The van der Waals surface area contributed by atoms with Crippen LogP contribution in [0.4, 0.5) is 5.69 Å². The van der Waals surface area contributed by atoms with Crippen molar-refractivity contribution in [3.63, 3.8) is 0 Å². The lowest BCUT2D eigenvalue weighted by molar-refractivity contribution is 0.102. The molecule has 0 atom stereocenters. The van der Waals surface area contributed by atoms with Crippen molar-refractivity contribution < 1.29 is 4.79 Å². The summed E-state index contributed by atoms with van der Waals surface area (Å²) >= 11 is 1.50. The van der Waals surface area contributed by atoms with Gasteiger partial charge in [0, 0.05) is 18.1 Å². The van der Waals surface area contributed by atoms with E-state index in [0.717, 1.165) is 27.9 Å². The number of para-hydroxylation sites is 2. The molecule has 0 spiro atoms. The molecule has 5 nitrogen and oxygen atoms in total. The highest BCUT2D eigenvalue weighted by Crippen LogP contribution is 2.30. The van der Waals surface area contributed by atoms with E-state index in [9.17, 15) is 4.79 Å². The molecule has 6 heteroatoms. The van der Waals surface area contributed by atoms with Gasteiger partial charge in [0.05, 0.1) is 10.2 Å². The lowest BCUT2D eigenvalue weighted by Crippen LogP contribution is -2.16. The van der Waals surface area contributed by atoms with E-state index < -0.39 is 0 Å². The first-order valence-electron chi connectivity index (χ1n) is 8.32. The zero-order valence-electron chi connectivity index (χ0n) is 14.1. The Labute approximate surface area is 154 Å². The maximum atomic E-state index is 12.9. The minimum atomic E-state index is -0.284. The van der Waals surface area contributed by atoms with Gasteiger partial charge in [-0.25, -0.2) is 15.0 Å². The number of hydrogen-bond acceptors (Lipinski definition) is 5. The molecule has 0 aliphatic rings. The zero-order chi connectivity index (χ0) is 17.9. The van der Waals surface area contributed by atoms with Crippen molar-refractivity contribution in [3.05, 3.63) is 72.2 Å². The van der Waals surface area contributed by atoms with E-state index in [-0.39, 0.29) is 11.6 Å². The number of nitrogens with zero attached hydrogens (tertiary/aromatic N) is 3. The Hall–Kier alpha value is -3.12. The standard InChI is InChI=1S/C20H16N4OS/c1-2-13-7-3-4-8-14(13)23-19(25)17-18(22-12-11-21-17)20-24-15-9-5-6-10-16(15)26-20/h3-12H,2H2,1H3,(H,23,25). The predicted molar refractivity (Wildman–Crippen MR) is 104 cm³/mol. The fourth-order valence-corrected chi connectivity index (χ4v) is 3.73. The van der Waals surface area contributed by atoms with Crippen LogP contribution >= 0.6 is 11.3 Å². The Bertz CT molecular complexity index is 1060. The van der Waals surface area contributed by atoms with Crippen LogP contribution in [-0.4, -0.2) is 20.9 Å². The molecule has 0 saturated heterocycles. The quantitative estimate of drug-likeness (QED) is 0.579. The van der Waals surface area contributed by atoms with E-state index in [1.54, 1.807) is 6.20 Å². The molecule has 0 fully saturated rings. The molecule has 2 heterocycles. The SMILES string of the molecule is CCc1ccccc1NC(=O)c1nccnc1-c1nc2ccccc2s1. The Morgan fingerprint density at radius 2 is 1.81 bits per heavy atom. The number of rotatable bonds is 4. The molecule has 0 aliphatic carbocycles. The summed E-state index contributed by atoms with van der Waals surface area (Å²) in [5, 5.41) is 3.65. The van der Waals surface area contributed by atoms with Gasteiger partial charge < -0.3 is 5.32 Å². The third kappa shape index (κ3) is 3.07. The van der Waals surface area contributed by atoms with Gasteiger partial charge in [-0.3, -0.25) is 4.79 Å². The fraction of sp³-hybridized carbons (Fsp3) is 0.100. The molecule has 0 saturated carbocycles. The van der Waals surface area contributed by atoms with Crippen LogP contribution in [0.25, 0.3) is 20.9 Å². The highest BCUT2D eigenvalue weighted by atomic mass is 32.1. The Morgan fingerprint density at radius 3 is 2.65 bits per heavy atom. The van der Waals surface area contributed by atoms with E-state index >= 15 is 0 Å². The van der Waals surface area contributed by atoms with Gasteiger partial charge in [0.1, 0.15) is 10.7 Å². The largest absolute Gasteiger partial charge is 0.320 e. The second-order valence-corrected chi connectivity index (χ2v) is 6.74. The third-order valence-corrected chi connectivity index (χ3v) is 5.10. The maximum Gasteiger partial charge on any atom is 0.276 e. The van der Waals surface area contributed by atoms with Crippen LogP contribution in [0.1, 0.15) is 23.0 Å². The predicted octanol–water partition coefficient (Wildman–Crippen LogP) is 4.57. The van der Waals surface area contributed by atoms with Crippen LogP contribution in [-0.2, 0) is 6.42 Å². The molecule has 0 aliphatic heterocycles. The molecule has 26 heavy (non-hydrogen) atoms. The molecule has 1 amide bonds. The Balaban J connectivity index is 1.72. The maximum absolute atomic E-state index is 12.9. The first-order valence-corrected chi connectivity index (χ1v) is 9.14. The molecule has 4 rings (SSSR count). The zero-order valence-corrected chi connectivity index (χ0v) is 15.0. The van der Waals surface area contributed by atoms with Crippen LogP contribution in [0.2, 0.25) is 0 Å². The van der Waals surface area contributed by atoms with Crippen LogP contribution in [0.15, 0.2) is 60.9 Å². The van der Waals surface area contributed by atoms with Gasteiger partial charge in [-0.05, 0) is 30.2 Å². The first-order chi connectivity index (χ1) is 12.8. The normalized spacial score (nSPS) is 10.8. The molecule has 2 aromatic heterocycles. The topological polar surface area (TPSA) is 67.8 Å². The van der Waals surface area contributed by atoms with E-state index in [2.05, 4.69) is 27.2 Å². The van der Waals surface area contributed by atoms with E-state index in [1.807, 2.05) is 48.5 Å². The summed E-state index contributed by atoms with van der Waals surface area (Å²) < 4.78 is 1.05. The highest BCUT2D eigenvalue weighted by molar-refractivity contribution is 7.21. The van der Waals surface area contributed by atoms with Crippen molar-refractivity contribution in [3.8, 4) is 10.7 Å². The number of aromatic nitrogens is 3. The number of nitrogens with one attached hydrogen (secondary N) is 1. The number of carbonyl (C=O) groups excluding carboxylic acids is 1. The number of benzene rings is 2. The van der Waals surface area contributed by atoms with Gasteiger partial charge in [0.25, 0.3) is 5.91 Å². The summed E-state index contributed by atoms with van der Waals surface area (Å²) in [6, 6.07) is 15.6. The molecule has 128 valence electrons.